The molecule has 1 aromatic heterocycles. The fourth-order valence-electron chi connectivity index (χ4n) is 0.726. The van der Waals surface area contributed by atoms with Crippen molar-refractivity contribution in [3.8, 4) is 0 Å². The minimum absolute atomic E-state index is 0.590. The van der Waals surface area contributed by atoms with Crippen molar-refractivity contribution >= 4 is 0 Å². The predicted molar refractivity (Wildman–Crippen MR) is 32.1 cm³/mol. The number of hydrogen-bond acceptors (Lipinski definition) is 2. The van der Waals surface area contributed by atoms with E-state index in [1.165, 1.54) is 4.79 Å². The van der Waals surface area contributed by atoms with Crippen LogP contribution in [-0.2, 0) is 13.1 Å². The normalized spacial score (nSPS) is 10.2. The molecule has 0 saturated heterocycles. The number of aromatic amines is 1. The molecule has 9 N–H and O–H groups in total. The highest BCUT2D eigenvalue weighted by atomic mass is 15.5. The van der Waals surface area contributed by atoms with E-state index in [9.17, 15) is 0 Å². The van der Waals surface area contributed by atoms with Crippen LogP contribution < -0.4 is 22.1 Å². The quantitative estimate of drug-likeness (QED) is 0.250. The van der Waals surface area contributed by atoms with E-state index in [0.29, 0.717) is 13.1 Å². The van der Waals surface area contributed by atoms with Crippen molar-refractivity contribution in [2.24, 2.45) is 0 Å². The molecular formula is C4H13N6+3. The fraction of sp³-hybridized carbons (Fsp3) is 0.500. The second-order valence-electron chi connectivity index (χ2n) is 1.96. The number of nitrogens with zero attached hydrogens (tertiary/aromatic N) is 2. The van der Waals surface area contributed by atoms with E-state index in [-0.39, 0.29) is 0 Å². The monoisotopic (exact) mass is 145 g/mol. The summed E-state index contributed by atoms with van der Waals surface area (Å²) in [5.74, 6) is 7.00. The molecule has 0 radical (unpaired) electrons. The number of nitrogens with two attached hydrogens (primary N) is 1. The molecule has 0 atom stereocenters. The van der Waals surface area contributed by atoms with Gasteiger partial charge in [0.2, 0.25) is 0 Å². The number of nitrogens with one attached hydrogen (secondary N) is 1. The van der Waals surface area contributed by atoms with Gasteiger partial charge in [-0.1, -0.05) is 0 Å². The van der Waals surface area contributed by atoms with Crippen molar-refractivity contribution in [1.82, 2.24) is 10.1 Å². The van der Waals surface area contributed by atoms with Gasteiger partial charge in [-0.3, -0.25) is 0 Å². The van der Waals surface area contributed by atoms with Gasteiger partial charge in [0.05, 0.1) is 0 Å². The molecule has 56 valence electrons. The zero-order valence-electron chi connectivity index (χ0n) is 5.80. The SMILES string of the molecule is N[n+]1[nH]c(C[NH3+])nc1C[NH3+]. The lowest BCUT2D eigenvalue weighted by Crippen LogP contribution is -2.57. The Morgan fingerprint density at radius 3 is 2.50 bits per heavy atom. The minimum atomic E-state index is 0.590. The summed E-state index contributed by atoms with van der Waals surface area (Å²) in [6.45, 7) is 1.21. The molecule has 0 bridgehead atoms. The Morgan fingerprint density at radius 1 is 1.50 bits per heavy atom. The van der Waals surface area contributed by atoms with Crippen LogP contribution in [0.25, 0.3) is 0 Å². The topological polar surface area (TPSA) is 114 Å². The standard InChI is InChI=1S/C4H10N6/c5-1-3-8-4(2-6)10(7)9-3/h1-2,5-7H2/p+3. The van der Waals surface area contributed by atoms with Gasteiger partial charge in [-0.05, 0) is 9.77 Å². The highest BCUT2D eigenvalue weighted by Crippen LogP contribution is 1.82. The Morgan fingerprint density at radius 2 is 2.20 bits per heavy atom. The minimum Gasteiger partial charge on any atom is -0.349 e. The van der Waals surface area contributed by atoms with E-state index >= 15 is 0 Å². The summed E-state index contributed by atoms with van der Waals surface area (Å²) in [6, 6.07) is 0. The molecule has 1 rings (SSSR count). The van der Waals surface area contributed by atoms with E-state index in [0.717, 1.165) is 11.6 Å². The van der Waals surface area contributed by atoms with Gasteiger partial charge in [-0.15, -0.1) is 0 Å². The largest absolute Gasteiger partial charge is 0.398 e. The lowest BCUT2D eigenvalue weighted by Gasteiger charge is -1.79. The summed E-state index contributed by atoms with van der Waals surface area (Å²) in [4.78, 5) is 5.47. The predicted octanol–water partition coefficient (Wildman–Crippen LogP) is -4.11. The Kier molecular flexibility index (Phi) is 1.83. The van der Waals surface area contributed by atoms with Crippen molar-refractivity contribution in [2.75, 3.05) is 5.84 Å². The van der Waals surface area contributed by atoms with Gasteiger partial charge in [0.1, 0.15) is 0 Å². The van der Waals surface area contributed by atoms with Gasteiger partial charge in [-0.2, -0.15) is 5.10 Å². The summed E-state index contributed by atoms with van der Waals surface area (Å²) in [5.41, 5.74) is 7.32. The van der Waals surface area contributed by atoms with Crippen molar-refractivity contribution in [2.45, 2.75) is 13.1 Å². The molecule has 1 heterocycles. The summed E-state index contributed by atoms with van der Waals surface area (Å²) in [6.07, 6.45) is 0. The number of aromatic nitrogens is 3. The first kappa shape index (κ1) is 6.97. The van der Waals surface area contributed by atoms with Gasteiger partial charge < -0.3 is 11.5 Å². The van der Waals surface area contributed by atoms with Crippen LogP contribution in [0.1, 0.15) is 11.6 Å². The molecule has 0 amide bonds. The summed E-state index contributed by atoms with van der Waals surface area (Å²) < 4.78 is 0. The molecule has 0 saturated carbocycles. The maximum atomic E-state index is 5.46. The highest BCUT2D eigenvalue weighted by Gasteiger charge is 2.16. The highest BCUT2D eigenvalue weighted by molar-refractivity contribution is 4.79. The van der Waals surface area contributed by atoms with Crippen molar-refractivity contribution in [1.29, 1.82) is 0 Å². The van der Waals surface area contributed by atoms with Gasteiger partial charge in [-0.25, -0.2) is 5.84 Å². The van der Waals surface area contributed by atoms with Crippen LogP contribution >= 0.6 is 0 Å². The smallest absolute Gasteiger partial charge is 0.349 e. The van der Waals surface area contributed by atoms with Gasteiger partial charge in [0, 0.05) is 0 Å². The number of rotatable bonds is 2. The van der Waals surface area contributed by atoms with Crippen molar-refractivity contribution < 1.29 is 16.3 Å². The molecule has 6 heteroatoms. The molecule has 10 heavy (non-hydrogen) atoms. The first-order valence-electron chi connectivity index (χ1n) is 3.11. The Hall–Kier alpha value is -1.14. The second-order valence-corrected chi connectivity index (χ2v) is 1.96. The molecule has 0 fully saturated rings. The van der Waals surface area contributed by atoms with Gasteiger partial charge >= 0.3 is 11.6 Å². The van der Waals surface area contributed by atoms with Gasteiger partial charge in [0.15, 0.2) is 13.1 Å². The molecule has 0 aliphatic heterocycles. The molecule has 6 nitrogen and oxygen atoms in total. The lowest BCUT2D eigenvalue weighted by atomic mass is 10.6. The van der Waals surface area contributed by atoms with E-state index in [4.69, 9.17) is 5.84 Å². The lowest BCUT2D eigenvalue weighted by molar-refractivity contribution is -0.714. The number of hydrogen-bond donors (Lipinski definition) is 4. The third-order valence-corrected chi connectivity index (χ3v) is 1.25. The van der Waals surface area contributed by atoms with Crippen molar-refractivity contribution in [3.05, 3.63) is 11.6 Å². The second kappa shape index (κ2) is 2.63. The Bertz CT molecular complexity index is 216. The van der Waals surface area contributed by atoms with Crippen LogP contribution in [0, 0.1) is 0 Å². The average molecular weight is 145 g/mol. The third kappa shape index (κ3) is 1.07. The van der Waals surface area contributed by atoms with Gasteiger partial charge in [0.25, 0.3) is 0 Å². The molecule has 0 aliphatic carbocycles. The third-order valence-electron chi connectivity index (χ3n) is 1.25. The van der Waals surface area contributed by atoms with Crippen LogP contribution in [0.15, 0.2) is 0 Å². The fourth-order valence-corrected chi connectivity index (χ4v) is 0.726. The molecule has 0 aliphatic rings. The Labute approximate surface area is 58.0 Å². The zero-order valence-corrected chi connectivity index (χ0v) is 5.80. The maximum absolute atomic E-state index is 5.46. The number of nitrogen functional groups attached to an aromatic ring is 1. The van der Waals surface area contributed by atoms with Crippen LogP contribution in [-0.4, -0.2) is 10.1 Å². The maximum Gasteiger partial charge on any atom is 0.398 e. The molecular weight excluding hydrogens is 132 g/mol. The molecule has 0 unspecified atom stereocenters. The Balaban J connectivity index is 2.92. The molecule has 1 aromatic rings. The first-order chi connectivity index (χ1) is 4.77. The van der Waals surface area contributed by atoms with E-state index in [1.807, 2.05) is 0 Å². The van der Waals surface area contributed by atoms with Crippen LogP contribution in [0.4, 0.5) is 0 Å². The van der Waals surface area contributed by atoms with Crippen LogP contribution in [0.3, 0.4) is 0 Å². The summed E-state index contributed by atoms with van der Waals surface area (Å²) in [5, 5.41) is 2.83. The first-order valence-corrected chi connectivity index (χ1v) is 3.11. The van der Waals surface area contributed by atoms with E-state index in [1.54, 1.807) is 0 Å². The molecule has 0 aromatic carbocycles. The summed E-state index contributed by atoms with van der Waals surface area (Å²) in [7, 11) is 0. The van der Waals surface area contributed by atoms with Crippen molar-refractivity contribution in [3.63, 3.8) is 0 Å². The number of quaternary nitrogens is 2. The van der Waals surface area contributed by atoms with Crippen LogP contribution in [0.2, 0.25) is 0 Å². The molecule has 0 spiro atoms. The van der Waals surface area contributed by atoms with E-state index < -0.39 is 0 Å². The van der Waals surface area contributed by atoms with Crippen LogP contribution in [0.5, 0.6) is 0 Å². The zero-order chi connectivity index (χ0) is 7.56. The summed E-state index contributed by atoms with van der Waals surface area (Å²) >= 11 is 0. The number of H-pyrrole nitrogens is 1. The van der Waals surface area contributed by atoms with E-state index in [2.05, 4.69) is 21.5 Å². The average Bonchev–Trinajstić information content (AvgIpc) is 2.30.